The van der Waals surface area contributed by atoms with E-state index in [1.807, 2.05) is 6.92 Å². The quantitative estimate of drug-likeness (QED) is 0.895. The highest BCUT2D eigenvalue weighted by atomic mass is 19.4. The lowest BCUT2D eigenvalue weighted by Crippen LogP contribution is -2.53. The van der Waals surface area contributed by atoms with Gasteiger partial charge in [-0.15, -0.1) is 0 Å². The highest BCUT2D eigenvalue weighted by molar-refractivity contribution is 5.94. The summed E-state index contributed by atoms with van der Waals surface area (Å²) < 4.78 is 37.4. The van der Waals surface area contributed by atoms with Gasteiger partial charge in [-0.1, -0.05) is 0 Å². The third kappa shape index (κ3) is 4.11. The fourth-order valence-electron chi connectivity index (χ4n) is 2.25. The van der Waals surface area contributed by atoms with Crippen molar-refractivity contribution in [1.82, 2.24) is 20.1 Å². The number of nitrogens with one attached hydrogen (secondary N) is 1. The number of nitrogens with zero attached hydrogens (tertiary/aromatic N) is 3. The summed E-state index contributed by atoms with van der Waals surface area (Å²) in [6.45, 7) is 3.76. The van der Waals surface area contributed by atoms with Crippen molar-refractivity contribution in [3.8, 4) is 0 Å². The van der Waals surface area contributed by atoms with Crippen molar-refractivity contribution in [2.45, 2.75) is 13.1 Å². The van der Waals surface area contributed by atoms with E-state index in [0.29, 0.717) is 32.7 Å². The second kappa shape index (κ2) is 6.84. The fourth-order valence-corrected chi connectivity index (χ4v) is 2.25. The van der Waals surface area contributed by atoms with Gasteiger partial charge in [0.15, 0.2) is 0 Å². The lowest BCUT2D eigenvalue weighted by molar-refractivity contribution is -0.141. The predicted octanol–water partition coefficient (Wildman–Crippen LogP) is 1.59. The van der Waals surface area contributed by atoms with E-state index in [0.717, 1.165) is 18.3 Å². The third-order valence-electron chi connectivity index (χ3n) is 3.48. The van der Waals surface area contributed by atoms with Gasteiger partial charge in [-0.25, -0.2) is 4.79 Å². The molecule has 2 rings (SSSR count). The van der Waals surface area contributed by atoms with Gasteiger partial charge >= 0.3 is 12.2 Å². The summed E-state index contributed by atoms with van der Waals surface area (Å²) in [5, 5.41) is 2.68. The number of urea groups is 1. The number of carbonyl (C=O) groups excluding carboxylic acids is 2. The number of amides is 3. The number of carbonyl (C=O) groups is 2. The summed E-state index contributed by atoms with van der Waals surface area (Å²) in [6.07, 6.45) is -3.60. The van der Waals surface area contributed by atoms with Crippen LogP contribution in [0.25, 0.3) is 0 Å². The van der Waals surface area contributed by atoms with Crippen molar-refractivity contribution in [3.05, 3.63) is 29.6 Å². The van der Waals surface area contributed by atoms with Crippen LogP contribution in [0, 0.1) is 0 Å². The first-order chi connectivity index (χ1) is 10.8. The SMILES string of the molecule is CCNC(=O)N1CCN(C(=O)c2ccc(C(F)(F)F)nc2)CC1. The van der Waals surface area contributed by atoms with Crippen molar-refractivity contribution in [2.75, 3.05) is 32.7 Å². The zero-order chi connectivity index (χ0) is 17.0. The number of aromatic nitrogens is 1. The average Bonchev–Trinajstić information content (AvgIpc) is 2.54. The van der Waals surface area contributed by atoms with Gasteiger partial charge < -0.3 is 15.1 Å². The van der Waals surface area contributed by atoms with Crippen LogP contribution in [0.4, 0.5) is 18.0 Å². The first kappa shape index (κ1) is 17.0. The molecule has 0 radical (unpaired) electrons. The molecule has 1 saturated heterocycles. The molecule has 1 aliphatic heterocycles. The number of pyridine rings is 1. The standard InChI is InChI=1S/C14H17F3N4O2/c1-2-18-13(23)21-7-5-20(6-8-21)12(22)10-3-4-11(19-9-10)14(15,16)17/h3-4,9H,2,5-8H2,1H3,(H,18,23). The molecule has 0 aliphatic carbocycles. The summed E-state index contributed by atoms with van der Waals surface area (Å²) >= 11 is 0. The first-order valence-corrected chi connectivity index (χ1v) is 7.18. The van der Waals surface area contributed by atoms with E-state index in [4.69, 9.17) is 0 Å². The number of hydrogen-bond donors (Lipinski definition) is 1. The van der Waals surface area contributed by atoms with Crippen LogP contribution in [0.15, 0.2) is 18.3 Å². The number of piperazine rings is 1. The van der Waals surface area contributed by atoms with Crippen LogP contribution < -0.4 is 5.32 Å². The average molecular weight is 330 g/mol. The molecule has 126 valence electrons. The van der Waals surface area contributed by atoms with E-state index in [1.54, 1.807) is 4.90 Å². The van der Waals surface area contributed by atoms with Gasteiger partial charge in [0.05, 0.1) is 5.56 Å². The molecule has 0 atom stereocenters. The van der Waals surface area contributed by atoms with Crippen LogP contribution in [0.5, 0.6) is 0 Å². The number of hydrogen-bond acceptors (Lipinski definition) is 3. The van der Waals surface area contributed by atoms with Crippen LogP contribution in [0.1, 0.15) is 23.0 Å². The molecule has 0 bridgehead atoms. The maximum atomic E-state index is 12.5. The van der Waals surface area contributed by atoms with Gasteiger partial charge in [-0.3, -0.25) is 9.78 Å². The van der Waals surface area contributed by atoms with E-state index in [-0.39, 0.29) is 17.5 Å². The molecular weight excluding hydrogens is 313 g/mol. The van der Waals surface area contributed by atoms with E-state index >= 15 is 0 Å². The molecule has 0 unspecified atom stereocenters. The molecule has 2 heterocycles. The molecule has 1 N–H and O–H groups in total. The minimum absolute atomic E-state index is 0.101. The Labute approximate surface area is 131 Å². The number of alkyl halides is 3. The van der Waals surface area contributed by atoms with Gasteiger partial charge in [-0.05, 0) is 19.1 Å². The predicted molar refractivity (Wildman–Crippen MR) is 75.8 cm³/mol. The molecule has 3 amide bonds. The maximum Gasteiger partial charge on any atom is 0.433 e. The number of halogens is 3. The zero-order valence-corrected chi connectivity index (χ0v) is 12.6. The molecule has 1 aromatic heterocycles. The minimum Gasteiger partial charge on any atom is -0.338 e. The van der Waals surface area contributed by atoms with Gasteiger partial charge in [0.1, 0.15) is 5.69 Å². The smallest absolute Gasteiger partial charge is 0.338 e. The Balaban J connectivity index is 1.96. The van der Waals surface area contributed by atoms with Crippen LogP contribution in [0.3, 0.4) is 0 Å². The molecule has 23 heavy (non-hydrogen) atoms. The summed E-state index contributed by atoms with van der Waals surface area (Å²) in [4.78, 5) is 30.3. The van der Waals surface area contributed by atoms with Crippen molar-refractivity contribution in [2.24, 2.45) is 0 Å². The van der Waals surface area contributed by atoms with Crippen molar-refractivity contribution in [3.63, 3.8) is 0 Å². The molecule has 1 aliphatic rings. The van der Waals surface area contributed by atoms with Gasteiger partial charge in [0.25, 0.3) is 5.91 Å². The Morgan fingerprint density at radius 1 is 1.17 bits per heavy atom. The fraction of sp³-hybridized carbons (Fsp3) is 0.500. The van der Waals surface area contributed by atoms with Crippen molar-refractivity contribution in [1.29, 1.82) is 0 Å². The van der Waals surface area contributed by atoms with Crippen LogP contribution in [-0.2, 0) is 6.18 Å². The Bertz CT molecular complexity index is 566. The first-order valence-electron chi connectivity index (χ1n) is 7.18. The molecule has 0 aromatic carbocycles. The summed E-state index contributed by atoms with van der Waals surface area (Å²) in [7, 11) is 0. The van der Waals surface area contributed by atoms with Gasteiger partial charge in [0, 0.05) is 38.9 Å². The minimum atomic E-state index is -4.53. The normalized spacial score (nSPS) is 15.5. The van der Waals surface area contributed by atoms with Crippen molar-refractivity contribution >= 4 is 11.9 Å². The molecule has 9 heteroatoms. The third-order valence-corrected chi connectivity index (χ3v) is 3.48. The van der Waals surface area contributed by atoms with Crippen LogP contribution in [0.2, 0.25) is 0 Å². The Kier molecular flexibility index (Phi) is 5.07. The topological polar surface area (TPSA) is 65.5 Å². The van der Waals surface area contributed by atoms with Gasteiger partial charge in [0.2, 0.25) is 0 Å². The molecule has 0 spiro atoms. The lowest BCUT2D eigenvalue weighted by Gasteiger charge is -2.34. The summed E-state index contributed by atoms with van der Waals surface area (Å²) in [5.74, 6) is -0.387. The molecule has 0 saturated carbocycles. The number of rotatable bonds is 2. The second-order valence-corrected chi connectivity index (χ2v) is 5.04. The van der Waals surface area contributed by atoms with Crippen molar-refractivity contribution < 1.29 is 22.8 Å². The summed E-state index contributed by atoms with van der Waals surface area (Å²) in [6, 6.07) is 1.72. The van der Waals surface area contributed by atoms with E-state index in [9.17, 15) is 22.8 Å². The van der Waals surface area contributed by atoms with Crippen LogP contribution in [-0.4, -0.2) is 59.4 Å². The Morgan fingerprint density at radius 2 is 1.78 bits per heavy atom. The van der Waals surface area contributed by atoms with E-state index in [1.165, 1.54) is 4.90 Å². The molecule has 6 nitrogen and oxygen atoms in total. The van der Waals surface area contributed by atoms with Crippen LogP contribution >= 0.6 is 0 Å². The zero-order valence-electron chi connectivity index (χ0n) is 12.6. The lowest BCUT2D eigenvalue weighted by atomic mass is 10.2. The van der Waals surface area contributed by atoms with E-state index < -0.39 is 11.9 Å². The van der Waals surface area contributed by atoms with E-state index in [2.05, 4.69) is 10.3 Å². The monoisotopic (exact) mass is 330 g/mol. The highest BCUT2D eigenvalue weighted by Crippen LogP contribution is 2.27. The maximum absolute atomic E-state index is 12.5. The second-order valence-electron chi connectivity index (χ2n) is 5.04. The highest BCUT2D eigenvalue weighted by Gasteiger charge is 2.32. The molecular formula is C14H17F3N4O2. The Morgan fingerprint density at radius 3 is 2.26 bits per heavy atom. The largest absolute Gasteiger partial charge is 0.433 e. The molecule has 1 aromatic rings. The summed E-state index contributed by atoms with van der Waals surface area (Å²) in [5.41, 5.74) is -0.931. The molecule has 1 fully saturated rings. The van der Waals surface area contributed by atoms with Gasteiger partial charge in [-0.2, -0.15) is 13.2 Å². The Hall–Kier alpha value is -2.32.